The lowest BCUT2D eigenvalue weighted by Gasteiger charge is -2.35. The van der Waals surface area contributed by atoms with Gasteiger partial charge in [-0.25, -0.2) is 0 Å². The summed E-state index contributed by atoms with van der Waals surface area (Å²) in [6.45, 7) is 0.869. The van der Waals surface area contributed by atoms with Gasteiger partial charge in [0.05, 0.1) is 12.7 Å². The number of hydrogen-bond donors (Lipinski definition) is 0. The molecule has 4 rings (SSSR count). The molecule has 1 saturated heterocycles. The summed E-state index contributed by atoms with van der Waals surface area (Å²) in [5.74, 6) is 0. The fourth-order valence-corrected chi connectivity index (χ4v) is 3.55. The van der Waals surface area contributed by atoms with Crippen LogP contribution in [0.15, 0.2) is 91.0 Å². The molecule has 3 aromatic rings. The SMILES string of the molecule is c1ccc(C(C[C@H]2CO2)(c2ccccc2)c2ccccc2)cc1. The van der Waals surface area contributed by atoms with Gasteiger partial charge in [0, 0.05) is 5.41 Å². The summed E-state index contributed by atoms with van der Waals surface area (Å²) < 4.78 is 5.63. The lowest BCUT2D eigenvalue weighted by molar-refractivity contribution is 0.366. The van der Waals surface area contributed by atoms with Crippen molar-refractivity contribution in [2.45, 2.75) is 17.9 Å². The van der Waals surface area contributed by atoms with Crippen LogP contribution >= 0.6 is 0 Å². The van der Waals surface area contributed by atoms with Crippen LogP contribution in [-0.4, -0.2) is 12.7 Å². The van der Waals surface area contributed by atoms with Gasteiger partial charge >= 0.3 is 0 Å². The first-order valence-corrected chi connectivity index (χ1v) is 8.18. The van der Waals surface area contributed by atoms with Crippen molar-refractivity contribution in [3.05, 3.63) is 108 Å². The molecule has 114 valence electrons. The summed E-state index contributed by atoms with van der Waals surface area (Å²) >= 11 is 0. The molecule has 1 aliphatic rings. The van der Waals surface area contributed by atoms with Crippen molar-refractivity contribution in [3.8, 4) is 0 Å². The second kappa shape index (κ2) is 6.02. The van der Waals surface area contributed by atoms with Crippen LogP contribution in [0.5, 0.6) is 0 Å². The van der Waals surface area contributed by atoms with E-state index >= 15 is 0 Å². The van der Waals surface area contributed by atoms with E-state index in [9.17, 15) is 0 Å². The molecule has 1 heteroatoms. The van der Waals surface area contributed by atoms with E-state index in [2.05, 4.69) is 91.0 Å². The van der Waals surface area contributed by atoms with Crippen molar-refractivity contribution in [3.63, 3.8) is 0 Å². The molecule has 1 heterocycles. The highest BCUT2D eigenvalue weighted by molar-refractivity contribution is 5.50. The van der Waals surface area contributed by atoms with Crippen molar-refractivity contribution in [1.29, 1.82) is 0 Å². The minimum absolute atomic E-state index is 0.162. The van der Waals surface area contributed by atoms with Crippen LogP contribution in [0.2, 0.25) is 0 Å². The van der Waals surface area contributed by atoms with Gasteiger partial charge in [0.2, 0.25) is 0 Å². The van der Waals surface area contributed by atoms with Crippen LogP contribution in [0.3, 0.4) is 0 Å². The molecule has 0 saturated carbocycles. The molecule has 3 aromatic carbocycles. The first-order valence-electron chi connectivity index (χ1n) is 8.18. The van der Waals surface area contributed by atoms with Crippen molar-refractivity contribution < 1.29 is 4.74 Å². The zero-order valence-corrected chi connectivity index (χ0v) is 13.1. The molecule has 1 aliphatic heterocycles. The molecule has 0 unspecified atom stereocenters. The Labute approximate surface area is 137 Å². The lowest BCUT2D eigenvalue weighted by atomic mass is 9.67. The van der Waals surface area contributed by atoms with Gasteiger partial charge in [-0.15, -0.1) is 0 Å². The predicted molar refractivity (Wildman–Crippen MR) is 93.6 cm³/mol. The summed E-state index contributed by atoms with van der Waals surface area (Å²) in [6.07, 6.45) is 1.32. The number of benzene rings is 3. The van der Waals surface area contributed by atoms with Crippen LogP contribution in [-0.2, 0) is 10.2 Å². The highest BCUT2D eigenvalue weighted by Crippen LogP contribution is 2.45. The van der Waals surface area contributed by atoms with Gasteiger partial charge in [-0.1, -0.05) is 91.0 Å². The van der Waals surface area contributed by atoms with E-state index in [4.69, 9.17) is 4.74 Å². The number of hydrogen-bond acceptors (Lipinski definition) is 1. The zero-order valence-electron chi connectivity index (χ0n) is 13.1. The van der Waals surface area contributed by atoms with E-state index in [1.54, 1.807) is 0 Å². The Morgan fingerprint density at radius 2 is 1.00 bits per heavy atom. The predicted octanol–water partition coefficient (Wildman–Crippen LogP) is 4.81. The molecule has 0 aromatic heterocycles. The van der Waals surface area contributed by atoms with Gasteiger partial charge in [0.25, 0.3) is 0 Å². The van der Waals surface area contributed by atoms with Gasteiger partial charge in [0.15, 0.2) is 0 Å². The van der Waals surface area contributed by atoms with E-state index in [1.807, 2.05) is 0 Å². The standard InChI is InChI=1S/C22H20O/c1-4-10-18(11-5-1)22(16-21-17-23-21,19-12-6-2-7-13-19)20-14-8-3-9-15-20/h1-15,21H,16-17H2/t21-/m0/s1. The molecular weight excluding hydrogens is 280 g/mol. The quantitative estimate of drug-likeness (QED) is 0.486. The molecule has 0 aliphatic carbocycles. The average Bonchev–Trinajstić information content (AvgIpc) is 3.46. The monoisotopic (exact) mass is 300 g/mol. The van der Waals surface area contributed by atoms with E-state index in [-0.39, 0.29) is 5.41 Å². The Kier molecular flexibility index (Phi) is 3.72. The fourth-order valence-electron chi connectivity index (χ4n) is 3.55. The summed E-state index contributed by atoms with van der Waals surface area (Å²) in [6, 6.07) is 32.4. The third kappa shape index (κ3) is 2.69. The Hall–Kier alpha value is -2.38. The summed E-state index contributed by atoms with van der Waals surface area (Å²) in [5, 5.41) is 0. The summed E-state index contributed by atoms with van der Waals surface area (Å²) in [4.78, 5) is 0. The Bertz CT molecular complexity index is 649. The fraction of sp³-hybridized carbons (Fsp3) is 0.182. The first kappa shape index (κ1) is 14.2. The number of rotatable bonds is 5. The van der Waals surface area contributed by atoms with Crippen LogP contribution in [0.25, 0.3) is 0 Å². The minimum Gasteiger partial charge on any atom is -0.373 e. The molecule has 1 nitrogen and oxygen atoms in total. The van der Waals surface area contributed by atoms with E-state index < -0.39 is 0 Å². The largest absolute Gasteiger partial charge is 0.373 e. The number of ether oxygens (including phenoxy) is 1. The van der Waals surface area contributed by atoms with Gasteiger partial charge in [-0.05, 0) is 23.1 Å². The van der Waals surface area contributed by atoms with Crippen LogP contribution in [0.1, 0.15) is 23.1 Å². The summed E-state index contributed by atoms with van der Waals surface area (Å²) in [7, 11) is 0. The highest BCUT2D eigenvalue weighted by Gasteiger charge is 2.41. The Morgan fingerprint density at radius 3 is 1.30 bits per heavy atom. The smallest absolute Gasteiger partial charge is 0.0824 e. The van der Waals surface area contributed by atoms with E-state index in [1.165, 1.54) is 16.7 Å². The Balaban J connectivity index is 1.97. The summed E-state index contributed by atoms with van der Waals surface area (Å²) in [5.41, 5.74) is 3.82. The number of epoxide rings is 1. The molecule has 1 atom stereocenters. The maximum atomic E-state index is 5.63. The van der Waals surface area contributed by atoms with Crippen LogP contribution in [0.4, 0.5) is 0 Å². The van der Waals surface area contributed by atoms with Gasteiger partial charge in [0.1, 0.15) is 0 Å². The Morgan fingerprint density at radius 1 is 0.652 bits per heavy atom. The molecule has 0 N–H and O–H groups in total. The third-order valence-electron chi connectivity index (χ3n) is 4.74. The van der Waals surface area contributed by atoms with Crippen LogP contribution in [0, 0.1) is 0 Å². The molecule has 0 radical (unpaired) electrons. The average molecular weight is 300 g/mol. The molecule has 0 spiro atoms. The molecule has 23 heavy (non-hydrogen) atoms. The first-order chi connectivity index (χ1) is 11.4. The lowest BCUT2D eigenvalue weighted by Crippen LogP contribution is -2.31. The van der Waals surface area contributed by atoms with Crippen molar-refractivity contribution in [2.24, 2.45) is 0 Å². The van der Waals surface area contributed by atoms with Crippen molar-refractivity contribution in [2.75, 3.05) is 6.61 Å². The van der Waals surface area contributed by atoms with Gasteiger partial charge < -0.3 is 4.74 Å². The normalized spacial score (nSPS) is 17.0. The van der Waals surface area contributed by atoms with E-state index in [0.29, 0.717) is 6.10 Å². The van der Waals surface area contributed by atoms with Crippen LogP contribution < -0.4 is 0 Å². The maximum Gasteiger partial charge on any atom is 0.0824 e. The van der Waals surface area contributed by atoms with Gasteiger partial charge in [-0.2, -0.15) is 0 Å². The third-order valence-corrected chi connectivity index (χ3v) is 4.74. The van der Waals surface area contributed by atoms with E-state index in [0.717, 1.165) is 13.0 Å². The second-order valence-electron chi connectivity index (χ2n) is 6.16. The maximum absolute atomic E-state index is 5.63. The molecule has 0 bridgehead atoms. The molecule has 0 amide bonds. The molecular formula is C22H20O. The minimum atomic E-state index is -0.162. The second-order valence-corrected chi connectivity index (χ2v) is 6.16. The van der Waals surface area contributed by atoms with Crippen molar-refractivity contribution >= 4 is 0 Å². The van der Waals surface area contributed by atoms with Gasteiger partial charge in [-0.3, -0.25) is 0 Å². The van der Waals surface area contributed by atoms with Crippen molar-refractivity contribution in [1.82, 2.24) is 0 Å². The highest BCUT2D eigenvalue weighted by atomic mass is 16.6. The molecule has 1 fully saturated rings. The zero-order chi connectivity index (χ0) is 15.5. The topological polar surface area (TPSA) is 12.5 Å².